The first-order chi connectivity index (χ1) is 27.5. The fourth-order valence-electron chi connectivity index (χ4n) is 7.69. The Morgan fingerprint density at radius 2 is 0.839 bits per heavy atom. The van der Waals surface area contributed by atoms with Crippen LogP contribution in [0.1, 0.15) is 271 Å². The van der Waals surface area contributed by atoms with Crippen LogP contribution in [-0.4, -0.2) is 47.4 Å². The second-order valence-corrected chi connectivity index (χ2v) is 17.1. The van der Waals surface area contributed by atoms with Crippen molar-refractivity contribution in [3.8, 4) is 0 Å². The summed E-state index contributed by atoms with van der Waals surface area (Å²) in [4.78, 5) is 24.4. The third kappa shape index (κ3) is 42.2. The van der Waals surface area contributed by atoms with E-state index in [2.05, 4.69) is 31.3 Å². The zero-order valence-electron chi connectivity index (χ0n) is 37.6. The van der Waals surface area contributed by atoms with E-state index in [9.17, 15) is 19.8 Å². The van der Waals surface area contributed by atoms with Crippen molar-refractivity contribution in [3.05, 3.63) is 12.2 Å². The van der Waals surface area contributed by atoms with E-state index in [4.69, 9.17) is 4.74 Å². The highest BCUT2D eigenvalue weighted by Gasteiger charge is 2.20. The Kier molecular flexibility index (Phi) is 45.1. The number of esters is 1. The van der Waals surface area contributed by atoms with Gasteiger partial charge in [0.1, 0.15) is 0 Å². The molecule has 0 heterocycles. The monoisotopic (exact) mass is 792 g/mol. The van der Waals surface area contributed by atoms with Gasteiger partial charge in [-0.05, 0) is 51.4 Å². The lowest BCUT2D eigenvalue weighted by Gasteiger charge is -2.22. The average molecular weight is 792 g/mol. The van der Waals surface area contributed by atoms with Crippen LogP contribution in [0.5, 0.6) is 0 Å². The molecule has 0 radical (unpaired) electrons. The van der Waals surface area contributed by atoms with Crippen molar-refractivity contribution in [3.63, 3.8) is 0 Å². The molecule has 2 atom stereocenters. The Morgan fingerprint density at radius 3 is 1.27 bits per heavy atom. The van der Waals surface area contributed by atoms with Gasteiger partial charge in [-0.15, -0.1) is 0 Å². The van der Waals surface area contributed by atoms with E-state index in [1.54, 1.807) is 0 Å². The maximum atomic E-state index is 12.4. The molecule has 0 bridgehead atoms. The Bertz CT molecular complexity index is 832. The van der Waals surface area contributed by atoms with Crippen molar-refractivity contribution in [2.45, 2.75) is 283 Å². The number of rotatable bonds is 46. The van der Waals surface area contributed by atoms with Crippen molar-refractivity contribution in [1.82, 2.24) is 5.32 Å². The van der Waals surface area contributed by atoms with Crippen LogP contribution in [0, 0.1) is 0 Å². The van der Waals surface area contributed by atoms with Gasteiger partial charge in [-0.1, -0.05) is 219 Å². The predicted molar refractivity (Wildman–Crippen MR) is 241 cm³/mol. The molecule has 0 aromatic carbocycles. The van der Waals surface area contributed by atoms with Gasteiger partial charge in [0, 0.05) is 12.8 Å². The van der Waals surface area contributed by atoms with Crippen LogP contribution in [0.2, 0.25) is 0 Å². The average Bonchev–Trinajstić information content (AvgIpc) is 3.20. The van der Waals surface area contributed by atoms with Crippen LogP contribution in [0.15, 0.2) is 12.2 Å². The van der Waals surface area contributed by atoms with Gasteiger partial charge in [-0.25, -0.2) is 0 Å². The molecule has 0 aromatic rings. The summed E-state index contributed by atoms with van der Waals surface area (Å²) in [5, 5.41) is 23.2. The van der Waals surface area contributed by atoms with Crippen LogP contribution in [0.4, 0.5) is 0 Å². The molecule has 0 aliphatic carbocycles. The number of nitrogens with one attached hydrogen (secondary N) is 1. The first-order valence-corrected chi connectivity index (χ1v) is 24.9. The van der Waals surface area contributed by atoms with E-state index in [-0.39, 0.29) is 18.5 Å². The molecule has 6 nitrogen and oxygen atoms in total. The van der Waals surface area contributed by atoms with E-state index in [0.717, 1.165) is 57.8 Å². The minimum atomic E-state index is -0.675. The fraction of sp³-hybridized carbons (Fsp3) is 0.920. The lowest BCUT2D eigenvalue weighted by molar-refractivity contribution is -0.143. The van der Waals surface area contributed by atoms with Gasteiger partial charge in [0.25, 0.3) is 0 Å². The van der Waals surface area contributed by atoms with Gasteiger partial charge in [0.2, 0.25) is 5.91 Å². The van der Waals surface area contributed by atoms with Gasteiger partial charge in [0.15, 0.2) is 0 Å². The first-order valence-electron chi connectivity index (χ1n) is 24.9. The normalized spacial score (nSPS) is 12.7. The molecule has 2 unspecified atom stereocenters. The van der Waals surface area contributed by atoms with E-state index in [0.29, 0.717) is 25.9 Å². The molecular formula is C50H97NO5. The number of ether oxygens (including phenoxy) is 1. The van der Waals surface area contributed by atoms with Crippen LogP contribution >= 0.6 is 0 Å². The molecule has 0 aromatic heterocycles. The number of hydrogen-bond donors (Lipinski definition) is 3. The van der Waals surface area contributed by atoms with Crippen LogP contribution < -0.4 is 5.32 Å². The molecule has 0 rings (SSSR count). The molecule has 0 spiro atoms. The summed E-state index contributed by atoms with van der Waals surface area (Å²) in [5.74, 6) is -0.0755. The Balaban J connectivity index is 3.47. The summed E-state index contributed by atoms with van der Waals surface area (Å²) in [7, 11) is 0. The quantitative estimate of drug-likeness (QED) is 0.0324. The third-order valence-corrected chi connectivity index (χ3v) is 11.6. The summed E-state index contributed by atoms with van der Waals surface area (Å²) < 4.78 is 5.45. The van der Waals surface area contributed by atoms with Crippen LogP contribution in [0.3, 0.4) is 0 Å². The zero-order valence-corrected chi connectivity index (χ0v) is 37.6. The molecule has 0 fully saturated rings. The molecule has 1 amide bonds. The minimum Gasteiger partial charge on any atom is -0.466 e. The van der Waals surface area contributed by atoms with Crippen molar-refractivity contribution in [1.29, 1.82) is 0 Å². The van der Waals surface area contributed by atoms with Crippen molar-refractivity contribution in [2.75, 3.05) is 13.2 Å². The summed E-state index contributed by atoms with van der Waals surface area (Å²) in [5.41, 5.74) is 0. The SMILES string of the molecule is CCCCCCCC/C=C\CCCCCCCC(=O)OCCCCCCCCCCCCCC(=O)NC(CO)C(O)CCCCCCCCCCCCCCC. The van der Waals surface area contributed by atoms with Gasteiger partial charge in [-0.3, -0.25) is 9.59 Å². The molecule has 0 aliphatic rings. The number of aliphatic hydroxyl groups excluding tert-OH is 2. The fourth-order valence-corrected chi connectivity index (χ4v) is 7.69. The highest BCUT2D eigenvalue weighted by molar-refractivity contribution is 5.76. The number of carbonyl (C=O) groups excluding carboxylic acids is 2. The number of amides is 1. The number of allylic oxidation sites excluding steroid dienone is 2. The van der Waals surface area contributed by atoms with Crippen molar-refractivity contribution in [2.24, 2.45) is 0 Å². The van der Waals surface area contributed by atoms with E-state index < -0.39 is 12.1 Å². The van der Waals surface area contributed by atoms with Gasteiger partial charge >= 0.3 is 5.97 Å². The standard InChI is InChI=1S/C50H97NO5/c1-3-5-7-9-11-13-15-17-18-20-24-28-32-36-40-44-50(55)56-45-41-37-33-29-25-21-23-27-31-35-39-43-49(54)51-47(46-52)48(53)42-38-34-30-26-22-19-16-14-12-10-8-6-4-2/h17-18,47-48,52-53H,3-16,19-46H2,1-2H3,(H,51,54)/b18-17-. The van der Waals surface area contributed by atoms with E-state index >= 15 is 0 Å². The number of carbonyl (C=O) groups is 2. The maximum absolute atomic E-state index is 12.4. The predicted octanol–water partition coefficient (Wildman–Crippen LogP) is 14.6. The second-order valence-electron chi connectivity index (χ2n) is 17.1. The van der Waals surface area contributed by atoms with E-state index in [1.165, 1.54) is 180 Å². The molecule has 0 saturated heterocycles. The Hall–Kier alpha value is -1.40. The molecule has 3 N–H and O–H groups in total. The van der Waals surface area contributed by atoms with Crippen molar-refractivity contribution < 1.29 is 24.5 Å². The second kappa shape index (κ2) is 46.3. The lowest BCUT2D eigenvalue weighted by atomic mass is 10.0. The van der Waals surface area contributed by atoms with Crippen LogP contribution in [0.25, 0.3) is 0 Å². The van der Waals surface area contributed by atoms with E-state index in [1.807, 2.05) is 0 Å². The molecule has 332 valence electrons. The molecular weight excluding hydrogens is 695 g/mol. The number of unbranched alkanes of at least 4 members (excludes halogenated alkanes) is 33. The Labute approximate surface area is 349 Å². The third-order valence-electron chi connectivity index (χ3n) is 11.6. The first kappa shape index (κ1) is 54.6. The molecule has 6 heteroatoms. The molecule has 0 saturated carbocycles. The van der Waals surface area contributed by atoms with Gasteiger partial charge in [-0.2, -0.15) is 0 Å². The topological polar surface area (TPSA) is 95.9 Å². The van der Waals surface area contributed by atoms with Gasteiger partial charge < -0.3 is 20.3 Å². The van der Waals surface area contributed by atoms with Gasteiger partial charge in [0.05, 0.1) is 25.4 Å². The summed E-state index contributed by atoms with van der Waals surface area (Å²) in [6.45, 7) is 4.90. The molecule has 56 heavy (non-hydrogen) atoms. The highest BCUT2D eigenvalue weighted by Crippen LogP contribution is 2.16. The number of hydrogen-bond acceptors (Lipinski definition) is 5. The molecule has 0 aliphatic heterocycles. The summed E-state index contributed by atoms with van der Waals surface area (Å²) in [6, 6.07) is -0.554. The smallest absolute Gasteiger partial charge is 0.305 e. The number of aliphatic hydroxyl groups is 2. The summed E-state index contributed by atoms with van der Waals surface area (Å²) in [6.07, 6.45) is 51.7. The Morgan fingerprint density at radius 1 is 0.482 bits per heavy atom. The van der Waals surface area contributed by atoms with Crippen molar-refractivity contribution >= 4 is 11.9 Å². The van der Waals surface area contributed by atoms with Crippen LogP contribution in [-0.2, 0) is 14.3 Å². The highest BCUT2D eigenvalue weighted by atomic mass is 16.5. The summed E-state index contributed by atoms with van der Waals surface area (Å²) >= 11 is 0. The lowest BCUT2D eigenvalue weighted by Crippen LogP contribution is -2.45. The zero-order chi connectivity index (χ0) is 40.8. The maximum Gasteiger partial charge on any atom is 0.305 e. The minimum absolute atomic E-state index is 0.0215. The largest absolute Gasteiger partial charge is 0.466 e.